The molecule has 0 aliphatic heterocycles. The number of hydrogen-bond donors (Lipinski definition) is 1. The van der Waals surface area contributed by atoms with E-state index in [-0.39, 0.29) is 6.04 Å². The van der Waals surface area contributed by atoms with E-state index in [1.165, 1.54) is 0 Å². The zero-order chi connectivity index (χ0) is 9.68. The van der Waals surface area contributed by atoms with Crippen LogP contribution < -0.4 is 5.32 Å². The first-order valence-electron chi connectivity index (χ1n) is 4.07. The molecule has 1 heterocycles. The molecule has 70 valence electrons. The number of halogens is 1. The average molecular weight is 290 g/mol. The van der Waals surface area contributed by atoms with Crippen molar-refractivity contribution in [2.24, 2.45) is 0 Å². The number of nitriles is 1. The Labute approximate surface area is 91.1 Å². The average Bonchev–Trinajstić information content (AvgIpc) is 2.50. The Hall–Kier alpha value is -0.610. The Morgan fingerprint density at radius 1 is 1.85 bits per heavy atom. The summed E-state index contributed by atoms with van der Waals surface area (Å²) in [5, 5.41) is 15.9. The highest BCUT2D eigenvalue weighted by Gasteiger charge is 2.06. The molecule has 13 heavy (non-hydrogen) atoms. The standard InChI is InChI=1S/C8H11IN4/c1-2-11-8(3-10)6-13-5-7(9)4-12-13/h4-5,8,11H,2,6H2,1H3. The van der Waals surface area contributed by atoms with Crippen LogP contribution in [0.2, 0.25) is 0 Å². The molecule has 0 fully saturated rings. The van der Waals surface area contributed by atoms with Gasteiger partial charge in [0.05, 0.1) is 22.4 Å². The molecule has 1 atom stereocenters. The topological polar surface area (TPSA) is 53.6 Å². The molecular formula is C8H11IN4. The molecule has 1 N–H and O–H groups in total. The molecule has 4 nitrogen and oxygen atoms in total. The third kappa shape index (κ3) is 3.32. The lowest BCUT2D eigenvalue weighted by Gasteiger charge is -2.08. The zero-order valence-electron chi connectivity index (χ0n) is 7.37. The Kier molecular flexibility index (Phi) is 4.18. The summed E-state index contributed by atoms with van der Waals surface area (Å²) >= 11 is 2.19. The third-order valence-corrected chi connectivity index (χ3v) is 2.13. The van der Waals surface area contributed by atoms with Crippen LogP contribution in [-0.2, 0) is 6.54 Å². The van der Waals surface area contributed by atoms with Crippen LogP contribution in [0, 0.1) is 14.9 Å². The van der Waals surface area contributed by atoms with Crippen LogP contribution in [0.1, 0.15) is 6.92 Å². The van der Waals surface area contributed by atoms with Gasteiger partial charge in [-0.15, -0.1) is 0 Å². The van der Waals surface area contributed by atoms with Crippen LogP contribution in [0.25, 0.3) is 0 Å². The Morgan fingerprint density at radius 2 is 2.62 bits per heavy atom. The highest BCUT2D eigenvalue weighted by atomic mass is 127. The van der Waals surface area contributed by atoms with Crippen LogP contribution in [0.3, 0.4) is 0 Å². The SMILES string of the molecule is CCNC(C#N)Cn1cc(I)cn1. The summed E-state index contributed by atoms with van der Waals surface area (Å²) in [4.78, 5) is 0. The summed E-state index contributed by atoms with van der Waals surface area (Å²) in [6.07, 6.45) is 3.70. The summed E-state index contributed by atoms with van der Waals surface area (Å²) < 4.78 is 2.86. The van der Waals surface area contributed by atoms with Crippen molar-refractivity contribution in [3.63, 3.8) is 0 Å². The van der Waals surface area contributed by atoms with Gasteiger partial charge in [0, 0.05) is 6.20 Å². The van der Waals surface area contributed by atoms with E-state index in [4.69, 9.17) is 5.26 Å². The highest BCUT2D eigenvalue weighted by molar-refractivity contribution is 14.1. The van der Waals surface area contributed by atoms with Crippen molar-refractivity contribution >= 4 is 22.6 Å². The molecule has 1 aromatic rings. The predicted molar refractivity (Wildman–Crippen MR) is 58.0 cm³/mol. The minimum atomic E-state index is -0.152. The van der Waals surface area contributed by atoms with Crippen molar-refractivity contribution in [2.45, 2.75) is 19.5 Å². The van der Waals surface area contributed by atoms with Crippen LogP contribution in [0.15, 0.2) is 12.4 Å². The van der Waals surface area contributed by atoms with Crippen molar-refractivity contribution < 1.29 is 0 Å². The number of likely N-dealkylation sites (N-methyl/N-ethyl adjacent to an activating group) is 1. The Balaban J connectivity index is 2.52. The third-order valence-electron chi connectivity index (χ3n) is 1.58. The summed E-state index contributed by atoms with van der Waals surface area (Å²) in [6, 6.07) is 2.03. The quantitative estimate of drug-likeness (QED) is 0.841. The van der Waals surface area contributed by atoms with E-state index in [1.807, 2.05) is 13.1 Å². The first-order valence-corrected chi connectivity index (χ1v) is 5.15. The van der Waals surface area contributed by atoms with Gasteiger partial charge in [-0.2, -0.15) is 10.4 Å². The number of aromatic nitrogens is 2. The van der Waals surface area contributed by atoms with Gasteiger partial charge in [0.2, 0.25) is 0 Å². The molecule has 0 aliphatic carbocycles. The van der Waals surface area contributed by atoms with E-state index in [0.29, 0.717) is 6.54 Å². The van der Waals surface area contributed by atoms with Crippen LogP contribution in [0.4, 0.5) is 0 Å². The lowest BCUT2D eigenvalue weighted by atomic mass is 10.3. The smallest absolute Gasteiger partial charge is 0.115 e. The molecule has 0 spiro atoms. The maximum absolute atomic E-state index is 8.77. The van der Waals surface area contributed by atoms with Gasteiger partial charge >= 0.3 is 0 Å². The summed E-state index contributed by atoms with van der Waals surface area (Å²) in [5.41, 5.74) is 0. The van der Waals surface area contributed by atoms with Crippen molar-refractivity contribution in [1.82, 2.24) is 15.1 Å². The zero-order valence-corrected chi connectivity index (χ0v) is 9.52. The molecule has 0 aliphatic rings. The second kappa shape index (κ2) is 5.19. The number of hydrogen-bond acceptors (Lipinski definition) is 3. The maximum atomic E-state index is 8.77. The van der Waals surface area contributed by atoms with Gasteiger partial charge in [-0.25, -0.2) is 0 Å². The second-order valence-electron chi connectivity index (χ2n) is 2.62. The van der Waals surface area contributed by atoms with Gasteiger partial charge in [-0.05, 0) is 29.1 Å². The normalized spacial score (nSPS) is 12.4. The Morgan fingerprint density at radius 3 is 3.08 bits per heavy atom. The van der Waals surface area contributed by atoms with Crippen molar-refractivity contribution in [3.8, 4) is 6.07 Å². The first-order chi connectivity index (χ1) is 6.26. The fourth-order valence-electron chi connectivity index (χ4n) is 1.02. The first kappa shape index (κ1) is 10.5. The van der Waals surface area contributed by atoms with Crippen molar-refractivity contribution in [1.29, 1.82) is 5.26 Å². The fourth-order valence-corrected chi connectivity index (χ4v) is 1.47. The van der Waals surface area contributed by atoms with Gasteiger partial charge in [-0.1, -0.05) is 6.92 Å². The van der Waals surface area contributed by atoms with E-state index in [2.05, 4.69) is 39.1 Å². The largest absolute Gasteiger partial charge is 0.301 e. The molecule has 0 amide bonds. The van der Waals surface area contributed by atoms with Crippen molar-refractivity contribution in [2.75, 3.05) is 6.54 Å². The van der Waals surface area contributed by atoms with E-state index in [0.717, 1.165) is 10.1 Å². The van der Waals surface area contributed by atoms with E-state index in [9.17, 15) is 0 Å². The second-order valence-corrected chi connectivity index (χ2v) is 3.87. The van der Waals surface area contributed by atoms with Crippen LogP contribution >= 0.6 is 22.6 Å². The summed E-state index contributed by atoms with van der Waals surface area (Å²) in [5.74, 6) is 0. The maximum Gasteiger partial charge on any atom is 0.115 e. The highest BCUT2D eigenvalue weighted by Crippen LogP contribution is 2.01. The summed E-state index contributed by atoms with van der Waals surface area (Å²) in [7, 11) is 0. The molecule has 1 rings (SSSR count). The minimum Gasteiger partial charge on any atom is -0.301 e. The molecule has 1 unspecified atom stereocenters. The molecule has 0 saturated carbocycles. The minimum absolute atomic E-state index is 0.152. The van der Waals surface area contributed by atoms with Gasteiger partial charge in [0.1, 0.15) is 6.04 Å². The monoisotopic (exact) mass is 290 g/mol. The van der Waals surface area contributed by atoms with Gasteiger partial charge in [0.15, 0.2) is 0 Å². The van der Waals surface area contributed by atoms with Crippen LogP contribution in [0.5, 0.6) is 0 Å². The number of nitrogens with zero attached hydrogens (tertiary/aromatic N) is 3. The molecule has 0 radical (unpaired) electrons. The summed E-state index contributed by atoms with van der Waals surface area (Å²) in [6.45, 7) is 3.39. The van der Waals surface area contributed by atoms with Crippen molar-refractivity contribution in [3.05, 3.63) is 16.0 Å². The lowest BCUT2D eigenvalue weighted by molar-refractivity contribution is 0.501. The van der Waals surface area contributed by atoms with Gasteiger partial charge in [0.25, 0.3) is 0 Å². The molecule has 0 aromatic carbocycles. The number of rotatable bonds is 4. The van der Waals surface area contributed by atoms with E-state index in [1.54, 1.807) is 10.9 Å². The molecule has 1 aromatic heterocycles. The molecular weight excluding hydrogens is 279 g/mol. The van der Waals surface area contributed by atoms with Gasteiger partial charge < -0.3 is 5.32 Å². The predicted octanol–water partition coefficient (Wildman–Crippen LogP) is 0.989. The van der Waals surface area contributed by atoms with Gasteiger partial charge in [-0.3, -0.25) is 4.68 Å². The number of nitrogens with one attached hydrogen (secondary N) is 1. The molecule has 5 heteroatoms. The molecule has 0 saturated heterocycles. The Bertz CT molecular complexity index is 301. The molecule has 0 bridgehead atoms. The lowest BCUT2D eigenvalue weighted by Crippen LogP contribution is -2.31. The van der Waals surface area contributed by atoms with Crippen LogP contribution in [-0.4, -0.2) is 22.4 Å². The van der Waals surface area contributed by atoms with E-state index >= 15 is 0 Å². The fraction of sp³-hybridized carbons (Fsp3) is 0.500. The van der Waals surface area contributed by atoms with E-state index < -0.39 is 0 Å².